The van der Waals surface area contributed by atoms with Crippen LogP contribution in [-0.4, -0.2) is 34.1 Å². The van der Waals surface area contributed by atoms with Crippen LogP contribution >= 0.6 is 23.4 Å². The Morgan fingerprint density at radius 3 is 2.55 bits per heavy atom. The molecule has 2 unspecified atom stereocenters. The molecule has 2 aliphatic carbocycles. The van der Waals surface area contributed by atoms with Gasteiger partial charge >= 0.3 is 5.97 Å². The van der Waals surface area contributed by atoms with E-state index in [9.17, 15) is 4.79 Å². The van der Waals surface area contributed by atoms with Crippen LogP contribution in [0.25, 0.3) is 5.57 Å². The Balaban J connectivity index is 1.47. The Hall–Kier alpha value is -2.31. The molecule has 1 heterocycles. The molecule has 7 heteroatoms. The zero-order valence-corrected chi connectivity index (χ0v) is 21.1. The van der Waals surface area contributed by atoms with Crippen LogP contribution < -0.4 is 0 Å². The summed E-state index contributed by atoms with van der Waals surface area (Å²) in [5.41, 5.74) is 2.10. The van der Waals surface area contributed by atoms with E-state index in [1.165, 1.54) is 0 Å². The van der Waals surface area contributed by atoms with Crippen molar-refractivity contribution >= 4 is 40.6 Å². The first kappa shape index (κ1) is 23.8. The molecule has 0 saturated heterocycles. The highest BCUT2D eigenvalue weighted by atomic mass is 35.5. The van der Waals surface area contributed by atoms with Gasteiger partial charge in [-0.3, -0.25) is 14.5 Å². The average molecular weight is 484 g/mol. The minimum absolute atomic E-state index is 0.0980. The van der Waals surface area contributed by atoms with Gasteiger partial charge < -0.3 is 4.74 Å². The lowest BCUT2D eigenvalue weighted by atomic mass is 10.1. The van der Waals surface area contributed by atoms with Gasteiger partial charge in [0.15, 0.2) is 0 Å². The molecule has 0 radical (unpaired) electrons. The smallest absolute Gasteiger partial charge is 0.310 e. The van der Waals surface area contributed by atoms with Crippen molar-refractivity contribution in [1.82, 2.24) is 9.78 Å². The molecule has 174 valence electrons. The molecule has 0 bridgehead atoms. The summed E-state index contributed by atoms with van der Waals surface area (Å²) in [4.78, 5) is 19.0. The van der Waals surface area contributed by atoms with Crippen LogP contribution in [0.5, 0.6) is 0 Å². The molecule has 33 heavy (non-hydrogen) atoms. The normalized spacial score (nSPS) is 20.8. The van der Waals surface area contributed by atoms with Gasteiger partial charge in [0.1, 0.15) is 11.3 Å². The Morgan fingerprint density at radius 1 is 1.24 bits per heavy atom. The lowest BCUT2D eigenvalue weighted by Gasteiger charge is -2.19. The second-order valence-electron chi connectivity index (χ2n) is 9.60. The summed E-state index contributed by atoms with van der Waals surface area (Å²) >= 11 is 7.69. The molecular formula is C26H30ClN3O2S. The number of rotatable bonds is 8. The van der Waals surface area contributed by atoms with Gasteiger partial charge in [0, 0.05) is 34.8 Å². The van der Waals surface area contributed by atoms with Crippen LogP contribution in [0.1, 0.15) is 51.8 Å². The van der Waals surface area contributed by atoms with Gasteiger partial charge in [0.05, 0.1) is 16.9 Å². The number of aliphatic imine (C=N–C) groups is 1. The van der Waals surface area contributed by atoms with E-state index in [2.05, 4.69) is 22.4 Å². The van der Waals surface area contributed by atoms with Crippen LogP contribution in [0, 0.1) is 11.8 Å². The molecule has 5 nitrogen and oxygen atoms in total. The van der Waals surface area contributed by atoms with E-state index in [0.29, 0.717) is 6.04 Å². The number of hydrogen-bond acceptors (Lipinski definition) is 5. The number of esters is 1. The van der Waals surface area contributed by atoms with Gasteiger partial charge in [0.25, 0.3) is 0 Å². The van der Waals surface area contributed by atoms with Crippen molar-refractivity contribution in [1.29, 1.82) is 0 Å². The summed E-state index contributed by atoms with van der Waals surface area (Å²) in [7, 11) is 1.76. The molecule has 2 aliphatic rings. The van der Waals surface area contributed by atoms with Crippen molar-refractivity contribution in [2.75, 3.05) is 7.05 Å². The number of nitrogens with zero attached hydrogens (tertiary/aromatic N) is 3. The fourth-order valence-corrected chi connectivity index (χ4v) is 4.70. The fourth-order valence-electron chi connectivity index (χ4n) is 3.62. The molecule has 0 spiro atoms. The Morgan fingerprint density at radius 2 is 1.94 bits per heavy atom. The number of benzene rings is 1. The third-order valence-corrected chi connectivity index (χ3v) is 6.84. The molecule has 0 aliphatic heterocycles. The molecule has 1 aromatic carbocycles. The number of allylic oxidation sites excluding steroid dienone is 3. The highest BCUT2D eigenvalue weighted by Gasteiger charge is 2.47. The summed E-state index contributed by atoms with van der Waals surface area (Å²) in [6, 6.07) is 8.29. The minimum Gasteiger partial charge on any atom is -0.460 e. The standard InChI is InChI=1S/C26H30ClN3O2S/c1-16(6-13-22(28-5)20-14-21(20)25(31)32-26(2,3)4)24-23(15-30(29-24)18-9-10-18)33-19-11-7-17(27)8-12-19/h6-8,11-13,15,18,20-21H,1,9-10,14H2,2-5H3/b13-6-,28-22?. The SMILES string of the molecule is C=C(/C=C\C(=NC)C1CC1C(=O)OC(C)(C)C)c1nn(C2CC2)cc1Sc1ccc(Cl)cc1. The minimum atomic E-state index is -0.476. The Kier molecular flexibility index (Phi) is 6.87. The van der Waals surface area contributed by atoms with Crippen LogP contribution in [0.15, 0.2) is 64.0 Å². The first-order valence-corrected chi connectivity index (χ1v) is 12.4. The number of ether oxygens (including phenoxy) is 1. The van der Waals surface area contributed by atoms with Gasteiger partial charge in [-0.2, -0.15) is 5.10 Å². The summed E-state index contributed by atoms with van der Waals surface area (Å²) < 4.78 is 7.59. The highest BCUT2D eigenvalue weighted by Crippen LogP contribution is 2.42. The van der Waals surface area contributed by atoms with E-state index < -0.39 is 5.60 Å². The molecule has 4 rings (SSSR count). The van der Waals surface area contributed by atoms with Crippen molar-refractivity contribution in [2.45, 2.75) is 61.5 Å². The van der Waals surface area contributed by atoms with E-state index in [-0.39, 0.29) is 17.8 Å². The molecule has 2 aromatic rings. The topological polar surface area (TPSA) is 56.5 Å². The third-order valence-electron chi connectivity index (χ3n) is 5.56. The van der Waals surface area contributed by atoms with Crippen LogP contribution in [0.4, 0.5) is 0 Å². The van der Waals surface area contributed by atoms with Gasteiger partial charge in [-0.15, -0.1) is 0 Å². The lowest BCUT2D eigenvalue weighted by Crippen LogP contribution is -2.25. The maximum Gasteiger partial charge on any atom is 0.310 e. The number of halogens is 1. The molecule has 1 aromatic heterocycles. The predicted octanol–water partition coefficient (Wildman–Crippen LogP) is 6.64. The van der Waals surface area contributed by atoms with E-state index in [4.69, 9.17) is 21.4 Å². The Bertz CT molecular complexity index is 1110. The predicted molar refractivity (Wildman–Crippen MR) is 135 cm³/mol. The largest absolute Gasteiger partial charge is 0.460 e. The second kappa shape index (κ2) is 9.51. The van der Waals surface area contributed by atoms with Crippen LogP contribution in [-0.2, 0) is 9.53 Å². The van der Waals surface area contributed by atoms with Gasteiger partial charge in [0.2, 0.25) is 0 Å². The first-order chi connectivity index (χ1) is 15.6. The van der Waals surface area contributed by atoms with Gasteiger partial charge in [-0.05, 0) is 75.9 Å². The maximum atomic E-state index is 12.4. The second-order valence-corrected chi connectivity index (χ2v) is 11.2. The first-order valence-electron chi connectivity index (χ1n) is 11.2. The van der Waals surface area contributed by atoms with Crippen molar-refractivity contribution in [3.63, 3.8) is 0 Å². The number of aromatic nitrogens is 2. The Labute approximate surface area is 205 Å². The van der Waals surface area contributed by atoms with E-state index >= 15 is 0 Å². The van der Waals surface area contributed by atoms with Crippen LogP contribution in [0.2, 0.25) is 5.02 Å². The van der Waals surface area contributed by atoms with Crippen molar-refractivity contribution < 1.29 is 9.53 Å². The third kappa shape index (κ3) is 6.18. The molecule has 0 N–H and O–H groups in total. The maximum absolute atomic E-state index is 12.4. The molecular weight excluding hydrogens is 454 g/mol. The zero-order chi connectivity index (χ0) is 23.8. The lowest BCUT2D eigenvalue weighted by molar-refractivity contribution is -0.156. The van der Waals surface area contributed by atoms with E-state index in [1.807, 2.05) is 57.2 Å². The molecule has 2 atom stereocenters. The van der Waals surface area contributed by atoms with E-state index in [0.717, 1.165) is 51.1 Å². The van der Waals surface area contributed by atoms with Gasteiger partial charge in [-0.25, -0.2) is 0 Å². The zero-order valence-electron chi connectivity index (χ0n) is 19.5. The summed E-state index contributed by atoms with van der Waals surface area (Å²) in [6.45, 7) is 9.95. The van der Waals surface area contributed by atoms with Crippen molar-refractivity contribution in [3.8, 4) is 0 Å². The summed E-state index contributed by atoms with van der Waals surface area (Å²) in [5.74, 6) is -0.169. The summed E-state index contributed by atoms with van der Waals surface area (Å²) in [5, 5.41) is 5.56. The van der Waals surface area contributed by atoms with Crippen LogP contribution in [0.3, 0.4) is 0 Å². The number of carbonyl (C=O) groups excluding carboxylic acids is 1. The number of carbonyl (C=O) groups is 1. The number of hydrogen-bond donors (Lipinski definition) is 0. The quantitative estimate of drug-likeness (QED) is 0.240. The molecule has 0 amide bonds. The van der Waals surface area contributed by atoms with E-state index in [1.54, 1.807) is 18.8 Å². The fraction of sp³-hybridized carbons (Fsp3) is 0.423. The monoisotopic (exact) mass is 483 g/mol. The summed E-state index contributed by atoms with van der Waals surface area (Å²) in [6.07, 6.45) is 9.12. The molecule has 2 fully saturated rings. The van der Waals surface area contributed by atoms with Gasteiger partial charge in [-0.1, -0.05) is 36.0 Å². The van der Waals surface area contributed by atoms with Crippen molar-refractivity contribution in [3.05, 3.63) is 59.9 Å². The van der Waals surface area contributed by atoms with Crippen molar-refractivity contribution in [2.24, 2.45) is 16.8 Å². The average Bonchev–Trinajstić information content (AvgIpc) is 3.67. The highest BCUT2D eigenvalue weighted by molar-refractivity contribution is 7.99. The molecule has 2 saturated carbocycles.